The highest BCUT2D eigenvalue weighted by Gasteiger charge is 2.23. The Hall–Kier alpha value is -2.38. The van der Waals surface area contributed by atoms with Crippen LogP contribution in [-0.2, 0) is 10.0 Å². The number of carbonyl (C=O) groups is 1. The summed E-state index contributed by atoms with van der Waals surface area (Å²) in [5.74, 6) is -0.163. The van der Waals surface area contributed by atoms with Crippen molar-refractivity contribution in [3.63, 3.8) is 0 Å². The number of carbonyl (C=O) groups excluding carboxylic acids is 1. The molecule has 1 amide bonds. The highest BCUT2D eigenvalue weighted by atomic mass is 32.2. The van der Waals surface area contributed by atoms with E-state index in [2.05, 4.69) is 28.8 Å². The third-order valence-corrected chi connectivity index (χ3v) is 6.79. The number of aryl methyl sites for hydroxylation is 1. The smallest absolute Gasteiger partial charge is 0.261 e. The number of anilines is 1. The predicted octanol–water partition coefficient (Wildman–Crippen LogP) is 3.40. The molecule has 0 saturated carbocycles. The van der Waals surface area contributed by atoms with E-state index in [-0.39, 0.29) is 16.8 Å². The lowest BCUT2D eigenvalue weighted by atomic mass is 10.0. The van der Waals surface area contributed by atoms with Gasteiger partial charge >= 0.3 is 0 Å². The molecule has 29 heavy (non-hydrogen) atoms. The largest absolute Gasteiger partial charge is 0.349 e. The van der Waals surface area contributed by atoms with Crippen molar-refractivity contribution < 1.29 is 13.2 Å². The minimum Gasteiger partial charge on any atom is -0.349 e. The van der Waals surface area contributed by atoms with Crippen LogP contribution in [0.3, 0.4) is 0 Å². The number of amides is 1. The second kappa shape index (κ2) is 8.97. The Kier molecular flexibility index (Phi) is 6.59. The Bertz CT molecular complexity index is 948. The molecule has 3 rings (SSSR count). The second-order valence-electron chi connectivity index (χ2n) is 7.82. The Morgan fingerprint density at radius 3 is 2.24 bits per heavy atom. The molecule has 1 fully saturated rings. The number of hydrogen-bond donors (Lipinski definition) is 2. The third kappa shape index (κ3) is 5.36. The molecular formula is C22H29N3O3S. The van der Waals surface area contributed by atoms with Gasteiger partial charge in [0.15, 0.2) is 0 Å². The van der Waals surface area contributed by atoms with E-state index in [1.165, 1.54) is 12.1 Å². The zero-order chi connectivity index (χ0) is 21.0. The number of sulfonamides is 1. The molecule has 0 bridgehead atoms. The second-order valence-corrected chi connectivity index (χ2v) is 9.50. The minimum atomic E-state index is -3.71. The Morgan fingerprint density at radius 2 is 1.66 bits per heavy atom. The number of likely N-dealkylation sites (tertiary alicyclic amines) is 1. The summed E-state index contributed by atoms with van der Waals surface area (Å²) in [5.41, 5.74) is 1.85. The van der Waals surface area contributed by atoms with Gasteiger partial charge in [0.05, 0.1) is 10.6 Å². The monoisotopic (exact) mass is 415 g/mol. The fourth-order valence-electron chi connectivity index (χ4n) is 3.51. The van der Waals surface area contributed by atoms with Crippen molar-refractivity contribution in [2.45, 2.75) is 50.6 Å². The Morgan fingerprint density at radius 1 is 1.03 bits per heavy atom. The lowest BCUT2D eigenvalue weighted by molar-refractivity contribution is 0.0900. The standard InChI is InChI=1S/C22H29N3O3S/c1-16(2)25-14-12-19(13-15-25)23-22(26)18-8-10-20(11-9-18)29(27,28)24-21-7-5-4-6-17(21)3/h4-11,16,19,24H,12-15H2,1-3H3,(H,23,26). The van der Waals surface area contributed by atoms with Gasteiger partial charge in [-0.05, 0) is 69.5 Å². The van der Waals surface area contributed by atoms with E-state index >= 15 is 0 Å². The van der Waals surface area contributed by atoms with Crippen LogP contribution < -0.4 is 10.0 Å². The number of para-hydroxylation sites is 1. The Balaban J connectivity index is 1.62. The lowest BCUT2D eigenvalue weighted by Crippen LogP contribution is -2.46. The van der Waals surface area contributed by atoms with E-state index in [1.807, 2.05) is 19.1 Å². The van der Waals surface area contributed by atoms with Gasteiger partial charge in [-0.3, -0.25) is 9.52 Å². The topological polar surface area (TPSA) is 78.5 Å². The third-order valence-electron chi connectivity index (χ3n) is 5.41. The van der Waals surface area contributed by atoms with Crippen molar-refractivity contribution in [3.05, 3.63) is 59.7 Å². The van der Waals surface area contributed by atoms with Crippen LogP contribution in [-0.4, -0.2) is 44.4 Å². The molecule has 0 aromatic heterocycles. The normalized spacial score (nSPS) is 16.0. The van der Waals surface area contributed by atoms with Gasteiger partial charge in [0, 0.05) is 30.7 Å². The molecule has 7 heteroatoms. The van der Waals surface area contributed by atoms with Crippen LogP contribution in [0.1, 0.15) is 42.6 Å². The first-order valence-electron chi connectivity index (χ1n) is 9.99. The minimum absolute atomic E-state index is 0.127. The van der Waals surface area contributed by atoms with Gasteiger partial charge in [-0.2, -0.15) is 0 Å². The Labute approximate surface area is 173 Å². The fourth-order valence-corrected chi connectivity index (χ4v) is 4.64. The number of piperidine rings is 1. The molecule has 2 aromatic rings. The summed E-state index contributed by atoms with van der Waals surface area (Å²) in [6.07, 6.45) is 1.85. The molecule has 6 nitrogen and oxygen atoms in total. The zero-order valence-electron chi connectivity index (χ0n) is 17.2. The number of nitrogens with zero attached hydrogens (tertiary/aromatic N) is 1. The zero-order valence-corrected chi connectivity index (χ0v) is 18.0. The van der Waals surface area contributed by atoms with Gasteiger partial charge in [0.1, 0.15) is 0 Å². The number of benzene rings is 2. The summed E-state index contributed by atoms with van der Waals surface area (Å²) in [6.45, 7) is 8.16. The highest BCUT2D eigenvalue weighted by Crippen LogP contribution is 2.20. The molecule has 1 aliphatic heterocycles. The molecule has 0 unspecified atom stereocenters. The summed E-state index contributed by atoms with van der Waals surface area (Å²) >= 11 is 0. The maximum Gasteiger partial charge on any atom is 0.261 e. The molecule has 0 radical (unpaired) electrons. The molecule has 2 aromatic carbocycles. The predicted molar refractivity (Wildman–Crippen MR) is 116 cm³/mol. The summed E-state index contributed by atoms with van der Waals surface area (Å²) in [7, 11) is -3.71. The molecule has 0 spiro atoms. The van der Waals surface area contributed by atoms with Crippen LogP contribution in [0.2, 0.25) is 0 Å². The van der Waals surface area contributed by atoms with Crippen LogP contribution in [0, 0.1) is 6.92 Å². The summed E-state index contributed by atoms with van der Waals surface area (Å²) in [5, 5.41) is 3.07. The van der Waals surface area contributed by atoms with E-state index in [9.17, 15) is 13.2 Å². The molecule has 2 N–H and O–H groups in total. The van der Waals surface area contributed by atoms with Crippen molar-refractivity contribution in [1.29, 1.82) is 0 Å². The van der Waals surface area contributed by atoms with E-state index in [1.54, 1.807) is 24.3 Å². The van der Waals surface area contributed by atoms with Crippen LogP contribution in [0.15, 0.2) is 53.4 Å². The van der Waals surface area contributed by atoms with Crippen molar-refractivity contribution in [3.8, 4) is 0 Å². The van der Waals surface area contributed by atoms with E-state index in [0.29, 0.717) is 17.3 Å². The van der Waals surface area contributed by atoms with Gasteiger partial charge in [-0.15, -0.1) is 0 Å². The van der Waals surface area contributed by atoms with Crippen molar-refractivity contribution >= 4 is 21.6 Å². The highest BCUT2D eigenvalue weighted by molar-refractivity contribution is 7.92. The molecule has 1 saturated heterocycles. The van der Waals surface area contributed by atoms with Crippen LogP contribution >= 0.6 is 0 Å². The molecule has 0 aliphatic carbocycles. The van der Waals surface area contributed by atoms with E-state index in [0.717, 1.165) is 31.5 Å². The van der Waals surface area contributed by atoms with Gasteiger partial charge in [-0.1, -0.05) is 18.2 Å². The van der Waals surface area contributed by atoms with Gasteiger partial charge < -0.3 is 10.2 Å². The molecule has 156 valence electrons. The number of rotatable bonds is 6. The first kappa shape index (κ1) is 21.3. The number of nitrogens with one attached hydrogen (secondary N) is 2. The van der Waals surface area contributed by atoms with Gasteiger partial charge in [-0.25, -0.2) is 8.42 Å². The average molecular weight is 416 g/mol. The maximum absolute atomic E-state index is 12.6. The van der Waals surface area contributed by atoms with Crippen molar-refractivity contribution in [2.75, 3.05) is 17.8 Å². The van der Waals surface area contributed by atoms with Crippen molar-refractivity contribution in [1.82, 2.24) is 10.2 Å². The van der Waals surface area contributed by atoms with Gasteiger partial charge in [0.2, 0.25) is 0 Å². The SMILES string of the molecule is Cc1ccccc1NS(=O)(=O)c1ccc(C(=O)NC2CCN(C(C)C)CC2)cc1. The lowest BCUT2D eigenvalue weighted by Gasteiger charge is -2.34. The quantitative estimate of drug-likeness (QED) is 0.758. The van der Waals surface area contributed by atoms with Gasteiger partial charge in [0.25, 0.3) is 15.9 Å². The first-order valence-corrected chi connectivity index (χ1v) is 11.5. The molecule has 1 aliphatic rings. The summed E-state index contributed by atoms with van der Waals surface area (Å²) < 4.78 is 27.8. The van der Waals surface area contributed by atoms with E-state index in [4.69, 9.17) is 0 Å². The maximum atomic E-state index is 12.6. The van der Waals surface area contributed by atoms with E-state index < -0.39 is 10.0 Å². The molecular weight excluding hydrogens is 386 g/mol. The summed E-state index contributed by atoms with van der Waals surface area (Å²) in [4.78, 5) is 15.1. The van der Waals surface area contributed by atoms with Crippen LogP contribution in [0.5, 0.6) is 0 Å². The number of hydrogen-bond acceptors (Lipinski definition) is 4. The molecule has 0 atom stereocenters. The molecule has 1 heterocycles. The fraction of sp³-hybridized carbons (Fsp3) is 0.409. The van der Waals surface area contributed by atoms with Crippen LogP contribution in [0.25, 0.3) is 0 Å². The first-order chi connectivity index (χ1) is 13.8. The average Bonchev–Trinajstić information content (AvgIpc) is 2.70. The summed E-state index contributed by atoms with van der Waals surface area (Å²) in [6, 6.07) is 13.9. The van der Waals surface area contributed by atoms with Crippen LogP contribution in [0.4, 0.5) is 5.69 Å². The van der Waals surface area contributed by atoms with Crippen molar-refractivity contribution in [2.24, 2.45) is 0 Å².